The minimum atomic E-state index is -0.707. The molecule has 2 aromatic rings. The lowest BCUT2D eigenvalue weighted by atomic mass is 9.99. The smallest absolute Gasteiger partial charge is 0.228 e. The Balaban J connectivity index is 1.83. The third kappa shape index (κ3) is 2.76. The van der Waals surface area contributed by atoms with Crippen molar-refractivity contribution in [3.63, 3.8) is 0 Å². The number of hydrogen-bond donors (Lipinski definition) is 2. The van der Waals surface area contributed by atoms with E-state index in [2.05, 4.69) is 5.32 Å². The molecule has 2 N–H and O–H groups in total. The highest BCUT2D eigenvalue weighted by molar-refractivity contribution is 5.99. The fourth-order valence-corrected chi connectivity index (χ4v) is 2.52. The van der Waals surface area contributed by atoms with Gasteiger partial charge in [0.1, 0.15) is 11.9 Å². The number of aliphatic hydroxyl groups is 1. The molecule has 1 aliphatic rings. The summed E-state index contributed by atoms with van der Waals surface area (Å²) < 4.78 is 5.39. The van der Waals surface area contributed by atoms with Crippen LogP contribution in [0.3, 0.4) is 0 Å². The Kier molecular flexibility index (Phi) is 3.62. The first-order valence-electron chi connectivity index (χ1n) is 7.01. The maximum absolute atomic E-state index is 11.4. The number of nitrogens with one attached hydrogen (secondary N) is 1. The first-order chi connectivity index (χ1) is 10.2. The molecule has 3 rings (SSSR count). The lowest BCUT2D eigenvalue weighted by molar-refractivity contribution is -0.115. The van der Waals surface area contributed by atoms with Gasteiger partial charge in [0.25, 0.3) is 0 Å². The van der Waals surface area contributed by atoms with Gasteiger partial charge in [0, 0.05) is 5.69 Å². The molecule has 0 radical (unpaired) electrons. The van der Waals surface area contributed by atoms with Crippen LogP contribution in [0, 0.1) is 0 Å². The van der Waals surface area contributed by atoms with E-state index in [1.54, 1.807) is 0 Å². The molecule has 0 spiro atoms. The van der Waals surface area contributed by atoms with Crippen LogP contribution in [0.5, 0.6) is 5.75 Å². The van der Waals surface area contributed by atoms with Crippen LogP contribution in [0.1, 0.15) is 29.7 Å². The molecular formula is C17H17NO3. The summed E-state index contributed by atoms with van der Waals surface area (Å²) in [5.41, 5.74) is 3.36. The molecule has 4 heteroatoms. The zero-order valence-corrected chi connectivity index (χ0v) is 11.8. The third-order valence-electron chi connectivity index (χ3n) is 3.58. The zero-order valence-electron chi connectivity index (χ0n) is 11.8. The van der Waals surface area contributed by atoms with Crippen LogP contribution in [-0.4, -0.2) is 17.6 Å². The van der Waals surface area contributed by atoms with Gasteiger partial charge < -0.3 is 15.2 Å². The molecule has 1 unspecified atom stereocenters. The summed E-state index contributed by atoms with van der Waals surface area (Å²) in [6, 6.07) is 13.0. The fourth-order valence-electron chi connectivity index (χ4n) is 2.52. The largest absolute Gasteiger partial charge is 0.494 e. The van der Waals surface area contributed by atoms with E-state index < -0.39 is 6.10 Å². The number of benzene rings is 2. The summed E-state index contributed by atoms with van der Waals surface area (Å²) in [6.07, 6.45) is -0.333. The predicted molar refractivity (Wildman–Crippen MR) is 80.4 cm³/mol. The third-order valence-corrected chi connectivity index (χ3v) is 3.58. The van der Waals surface area contributed by atoms with E-state index in [4.69, 9.17) is 4.74 Å². The van der Waals surface area contributed by atoms with Crippen LogP contribution < -0.4 is 10.1 Å². The van der Waals surface area contributed by atoms with Crippen molar-refractivity contribution in [1.82, 2.24) is 0 Å². The monoisotopic (exact) mass is 283 g/mol. The van der Waals surface area contributed by atoms with Gasteiger partial charge >= 0.3 is 0 Å². The molecule has 0 aromatic heterocycles. The second kappa shape index (κ2) is 5.58. The van der Waals surface area contributed by atoms with Gasteiger partial charge in [-0.1, -0.05) is 24.3 Å². The molecule has 1 aliphatic heterocycles. The number of aliphatic hydroxyl groups excluding tert-OH is 1. The Morgan fingerprint density at radius 2 is 1.90 bits per heavy atom. The first-order valence-corrected chi connectivity index (χ1v) is 7.01. The second-order valence-electron chi connectivity index (χ2n) is 5.05. The molecule has 21 heavy (non-hydrogen) atoms. The average molecular weight is 283 g/mol. The molecule has 0 saturated carbocycles. The Labute approximate surface area is 123 Å². The van der Waals surface area contributed by atoms with E-state index >= 15 is 0 Å². The second-order valence-corrected chi connectivity index (χ2v) is 5.05. The number of anilines is 1. The molecule has 0 aliphatic carbocycles. The van der Waals surface area contributed by atoms with Gasteiger partial charge in [-0.3, -0.25) is 4.79 Å². The Morgan fingerprint density at radius 1 is 1.19 bits per heavy atom. The minimum absolute atomic E-state index is 0.00212. The number of amides is 1. The van der Waals surface area contributed by atoms with E-state index in [9.17, 15) is 9.90 Å². The summed E-state index contributed by atoms with van der Waals surface area (Å²) in [7, 11) is 0. The van der Waals surface area contributed by atoms with E-state index in [1.807, 2.05) is 49.4 Å². The van der Waals surface area contributed by atoms with Crippen molar-refractivity contribution in [3.8, 4) is 5.75 Å². The highest BCUT2D eigenvalue weighted by Crippen LogP contribution is 2.29. The van der Waals surface area contributed by atoms with E-state index in [-0.39, 0.29) is 5.91 Å². The van der Waals surface area contributed by atoms with E-state index in [0.29, 0.717) is 13.0 Å². The number of carbonyl (C=O) groups is 1. The summed E-state index contributed by atoms with van der Waals surface area (Å²) in [6.45, 7) is 2.55. The van der Waals surface area contributed by atoms with Crippen LogP contribution in [0.15, 0.2) is 42.5 Å². The average Bonchev–Trinajstić information content (AvgIpc) is 2.86. The highest BCUT2D eigenvalue weighted by Gasteiger charge is 2.19. The molecule has 1 heterocycles. The quantitative estimate of drug-likeness (QED) is 0.907. The maximum atomic E-state index is 11.4. The number of carbonyl (C=O) groups excluding carboxylic acids is 1. The van der Waals surface area contributed by atoms with Gasteiger partial charge in [-0.05, 0) is 41.8 Å². The van der Waals surface area contributed by atoms with E-state index in [0.717, 1.165) is 28.1 Å². The molecule has 0 bridgehead atoms. The van der Waals surface area contributed by atoms with Crippen LogP contribution in [0.2, 0.25) is 0 Å². The zero-order chi connectivity index (χ0) is 14.8. The van der Waals surface area contributed by atoms with Gasteiger partial charge in [-0.25, -0.2) is 0 Å². The summed E-state index contributed by atoms with van der Waals surface area (Å²) in [5, 5.41) is 13.3. The molecule has 0 saturated heterocycles. The fraction of sp³-hybridized carbons (Fsp3) is 0.235. The standard InChI is InChI=1S/C17H17NO3/c1-2-21-14-6-3-11(4-7-14)17(20)12-5-8-15-13(9-12)10-16(19)18-15/h3-9,17,20H,2,10H2,1H3,(H,18,19). The van der Waals surface area contributed by atoms with Crippen molar-refractivity contribution in [2.75, 3.05) is 11.9 Å². The molecule has 1 atom stereocenters. The normalized spacial score (nSPS) is 14.5. The van der Waals surface area contributed by atoms with Crippen LogP contribution >= 0.6 is 0 Å². The molecule has 108 valence electrons. The topological polar surface area (TPSA) is 58.6 Å². The highest BCUT2D eigenvalue weighted by atomic mass is 16.5. The minimum Gasteiger partial charge on any atom is -0.494 e. The summed E-state index contributed by atoms with van der Waals surface area (Å²) in [4.78, 5) is 11.4. The van der Waals surface area contributed by atoms with Crippen LogP contribution in [0.25, 0.3) is 0 Å². The van der Waals surface area contributed by atoms with Crippen molar-refractivity contribution < 1.29 is 14.6 Å². The molecule has 0 fully saturated rings. The van der Waals surface area contributed by atoms with Crippen LogP contribution in [-0.2, 0) is 11.2 Å². The molecule has 2 aromatic carbocycles. The van der Waals surface area contributed by atoms with E-state index in [1.165, 1.54) is 0 Å². The Morgan fingerprint density at radius 3 is 2.62 bits per heavy atom. The summed E-state index contributed by atoms with van der Waals surface area (Å²) >= 11 is 0. The molecular weight excluding hydrogens is 266 g/mol. The van der Waals surface area contributed by atoms with Crippen LogP contribution in [0.4, 0.5) is 5.69 Å². The van der Waals surface area contributed by atoms with Gasteiger partial charge in [0.15, 0.2) is 0 Å². The lowest BCUT2D eigenvalue weighted by Gasteiger charge is -2.13. The van der Waals surface area contributed by atoms with Crippen molar-refractivity contribution in [2.24, 2.45) is 0 Å². The SMILES string of the molecule is CCOc1ccc(C(O)c2ccc3c(c2)CC(=O)N3)cc1. The number of ether oxygens (including phenoxy) is 1. The molecule has 4 nitrogen and oxygen atoms in total. The number of fused-ring (bicyclic) bond motifs is 1. The number of hydrogen-bond acceptors (Lipinski definition) is 3. The maximum Gasteiger partial charge on any atom is 0.228 e. The van der Waals surface area contributed by atoms with Crippen molar-refractivity contribution in [1.29, 1.82) is 0 Å². The Bertz CT molecular complexity index is 664. The summed E-state index contributed by atoms with van der Waals surface area (Å²) in [5.74, 6) is 0.787. The predicted octanol–water partition coefficient (Wildman–Crippen LogP) is 2.66. The van der Waals surface area contributed by atoms with Gasteiger partial charge in [-0.15, -0.1) is 0 Å². The van der Waals surface area contributed by atoms with Gasteiger partial charge in [0.2, 0.25) is 5.91 Å². The van der Waals surface area contributed by atoms with Crippen molar-refractivity contribution >= 4 is 11.6 Å². The molecule has 1 amide bonds. The van der Waals surface area contributed by atoms with Crippen molar-refractivity contribution in [3.05, 3.63) is 59.2 Å². The van der Waals surface area contributed by atoms with Crippen molar-refractivity contribution in [2.45, 2.75) is 19.4 Å². The van der Waals surface area contributed by atoms with Gasteiger partial charge in [0.05, 0.1) is 13.0 Å². The first kappa shape index (κ1) is 13.6. The Hall–Kier alpha value is -2.33. The lowest BCUT2D eigenvalue weighted by Crippen LogP contribution is -2.03. The number of rotatable bonds is 4. The van der Waals surface area contributed by atoms with Gasteiger partial charge in [-0.2, -0.15) is 0 Å².